The number of likely N-dealkylation sites (N-methyl/N-ethyl adjacent to an activating group) is 1. The van der Waals surface area contributed by atoms with Gasteiger partial charge in [0.25, 0.3) is 11.8 Å². The van der Waals surface area contributed by atoms with Gasteiger partial charge in [0.2, 0.25) is 17.5 Å². The summed E-state index contributed by atoms with van der Waals surface area (Å²) < 4.78 is 6.25. The van der Waals surface area contributed by atoms with Crippen LogP contribution in [-0.2, 0) is 32.0 Å². The van der Waals surface area contributed by atoms with Crippen LogP contribution >= 0.6 is 0 Å². The summed E-state index contributed by atoms with van der Waals surface area (Å²) >= 11 is 0. The van der Waals surface area contributed by atoms with E-state index in [1.807, 2.05) is 30.3 Å². The van der Waals surface area contributed by atoms with Gasteiger partial charge in [-0.05, 0) is 62.4 Å². The molecule has 7 atom stereocenters. The van der Waals surface area contributed by atoms with Crippen molar-refractivity contribution >= 4 is 28.6 Å². The van der Waals surface area contributed by atoms with Gasteiger partial charge in [-0.2, -0.15) is 0 Å². The standard InChI is InChI=1S/C33H37N5O5/c1-32(35-29(39)21-15-23-22-10-6-11-24-28(22)20(17-34-24)16-25(23)36(2)18-21)31(41)38-26(14-19-8-4-3-5-9-19)30(40)37-13-7-12-27(37)33(38,42)43-32/h3-6,8-11,17,21,23,25-27,34,42H,7,12-16,18H2,1-2H3,(H,35,39)/t21-,23+,25+,26+,27+,32-,33-/m1/s1. The van der Waals surface area contributed by atoms with Crippen LogP contribution in [0, 0.1) is 5.92 Å². The zero-order valence-electron chi connectivity index (χ0n) is 24.5. The number of benzene rings is 2. The quantitative estimate of drug-likeness (QED) is 0.433. The van der Waals surface area contributed by atoms with Crippen molar-refractivity contribution in [2.24, 2.45) is 5.92 Å². The van der Waals surface area contributed by atoms with E-state index in [1.165, 1.54) is 28.3 Å². The number of fused-ring (bicyclic) bond motifs is 5. The van der Waals surface area contributed by atoms with Crippen molar-refractivity contribution in [3.8, 4) is 0 Å². The van der Waals surface area contributed by atoms with Crippen molar-refractivity contribution < 1.29 is 24.2 Å². The van der Waals surface area contributed by atoms with Gasteiger partial charge in [0.05, 0.1) is 5.92 Å². The third-order valence-electron chi connectivity index (χ3n) is 10.6. The Morgan fingerprint density at radius 2 is 1.98 bits per heavy atom. The molecule has 0 radical (unpaired) electrons. The molecule has 5 aliphatic rings. The van der Waals surface area contributed by atoms with Gasteiger partial charge < -0.3 is 25.2 Å². The van der Waals surface area contributed by atoms with E-state index >= 15 is 0 Å². The van der Waals surface area contributed by atoms with E-state index in [4.69, 9.17) is 4.74 Å². The number of aliphatic hydroxyl groups is 1. The maximum atomic E-state index is 14.2. The minimum Gasteiger partial charge on any atom is -0.361 e. The fourth-order valence-corrected chi connectivity index (χ4v) is 8.65. The number of carbonyl (C=O) groups excluding carboxylic acids is 3. The Morgan fingerprint density at radius 1 is 1.16 bits per heavy atom. The number of hydrogen-bond donors (Lipinski definition) is 3. The molecular formula is C33H37N5O5. The number of carbonyl (C=O) groups is 3. The predicted octanol–water partition coefficient (Wildman–Crippen LogP) is 2.08. The van der Waals surface area contributed by atoms with Gasteiger partial charge in [0.1, 0.15) is 12.1 Å². The minimum absolute atomic E-state index is 0.171. The second-order valence-electron chi connectivity index (χ2n) is 13.2. The lowest BCUT2D eigenvalue weighted by molar-refractivity contribution is -0.315. The molecule has 5 heterocycles. The smallest absolute Gasteiger partial charge is 0.280 e. The first-order valence-corrected chi connectivity index (χ1v) is 15.4. The summed E-state index contributed by atoms with van der Waals surface area (Å²) in [5.41, 5.74) is 2.74. The van der Waals surface area contributed by atoms with E-state index in [1.54, 1.807) is 4.90 Å². The van der Waals surface area contributed by atoms with Crippen LogP contribution in [0.15, 0.2) is 54.7 Å². The van der Waals surface area contributed by atoms with Crippen molar-refractivity contribution in [1.82, 2.24) is 25.0 Å². The number of nitrogens with one attached hydrogen (secondary N) is 2. The molecule has 224 valence electrons. The summed E-state index contributed by atoms with van der Waals surface area (Å²) in [4.78, 5) is 50.4. The molecule has 3 N–H and O–H groups in total. The second-order valence-corrected chi connectivity index (χ2v) is 13.2. The van der Waals surface area contributed by atoms with Gasteiger partial charge >= 0.3 is 0 Å². The fourth-order valence-electron chi connectivity index (χ4n) is 8.65. The number of piperidine rings is 1. The lowest BCUT2D eigenvalue weighted by Crippen LogP contribution is -2.71. The third-order valence-corrected chi connectivity index (χ3v) is 10.6. The normalized spacial score (nSPS) is 35.2. The molecule has 0 saturated carbocycles. The lowest BCUT2D eigenvalue weighted by Gasteiger charge is -2.48. The van der Waals surface area contributed by atoms with Crippen molar-refractivity contribution in [3.63, 3.8) is 0 Å². The zero-order valence-corrected chi connectivity index (χ0v) is 24.5. The molecule has 4 fully saturated rings. The van der Waals surface area contributed by atoms with Crippen molar-refractivity contribution in [2.45, 2.75) is 74.7 Å². The number of ether oxygens (including phenoxy) is 1. The van der Waals surface area contributed by atoms with Crippen LogP contribution in [0.4, 0.5) is 0 Å². The largest absolute Gasteiger partial charge is 0.361 e. The van der Waals surface area contributed by atoms with Crippen LogP contribution in [0.25, 0.3) is 10.9 Å². The fraction of sp³-hybridized carbons (Fsp3) is 0.485. The molecule has 2 aromatic carbocycles. The van der Waals surface area contributed by atoms with Crippen LogP contribution in [0.2, 0.25) is 0 Å². The molecule has 3 aromatic rings. The molecule has 4 saturated heterocycles. The van der Waals surface area contributed by atoms with Gasteiger partial charge in [0, 0.05) is 48.6 Å². The molecule has 1 aromatic heterocycles. The number of H-pyrrole nitrogens is 1. The van der Waals surface area contributed by atoms with Gasteiger partial charge in [-0.25, -0.2) is 0 Å². The number of likely N-dealkylation sites (tertiary alicyclic amines) is 1. The molecular weight excluding hydrogens is 546 g/mol. The Labute approximate surface area is 250 Å². The SMILES string of the molecule is CN1C[C@H](C(=O)N[C@]2(C)O[C@]3(O)[C@@H]4CCCN4C(=O)[C@H](Cc4ccccc4)N3C2=O)C[C@H]2c3cccc4[nH]cc(c34)C[C@@H]21. The predicted molar refractivity (Wildman–Crippen MR) is 157 cm³/mol. The lowest BCUT2D eigenvalue weighted by atomic mass is 9.72. The van der Waals surface area contributed by atoms with Crippen LogP contribution in [0.1, 0.15) is 48.8 Å². The van der Waals surface area contributed by atoms with E-state index in [0.717, 1.165) is 17.5 Å². The van der Waals surface area contributed by atoms with E-state index in [9.17, 15) is 19.5 Å². The maximum Gasteiger partial charge on any atom is 0.280 e. The highest BCUT2D eigenvalue weighted by molar-refractivity contribution is 5.97. The van der Waals surface area contributed by atoms with Crippen LogP contribution < -0.4 is 5.32 Å². The topological polar surface area (TPSA) is 118 Å². The molecule has 10 nitrogen and oxygen atoms in total. The van der Waals surface area contributed by atoms with E-state index in [-0.39, 0.29) is 36.1 Å². The molecule has 0 bridgehead atoms. The number of aromatic nitrogens is 1. The summed E-state index contributed by atoms with van der Waals surface area (Å²) in [6, 6.07) is 14.4. The minimum atomic E-state index is -2.03. The first kappa shape index (κ1) is 26.9. The van der Waals surface area contributed by atoms with Gasteiger partial charge in [-0.1, -0.05) is 42.5 Å². The summed E-state index contributed by atoms with van der Waals surface area (Å²) in [6.45, 7) is 2.56. The van der Waals surface area contributed by atoms with Crippen molar-refractivity contribution in [3.05, 3.63) is 71.4 Å². The van der Waals surface area contributed by atoms with Crippen LogP contribution in [0.3, 0.4) is 0 Å². The summed E-state index contributed by atoms with van der Waals surface area (Å²) in [5.74, 6) is -3.31. The van der Waals surface area contributed by atoms with Gasteiger partial charge in [-0.3, -0.25) is 24.0 Å². The third kappa shape index (κ3) is 3.86. The highest BCUT2D eigenvalue weighted by Gasteiger charge is 2.70. The molecule has 8 rings (SSSR count). The molecule has 0 spiro atoms. The Kier molecular flexibility index (Phi) is 5.86. The van der Waals surface area contributed by atoms with Crippen LogP contribution in [-0.4, -0.2) is 92.4 Å². The monoisotopic (exact) mass is 583 g/mol. The first-order valence-electron chi connectivity index (χ1n) is 15.4. The summed E-state index contributed by atoms with van der Waals surface area (Å²) in [7, 11) is 2.06. The number of piperazine rings is 1. The Balaban J connectivity index is 1.08. The highest BCUT2D eigenvalue weighted by Crippen LogP contribution is 2.47. The zero-order chi connectivity index (χ0) is 29.7. The van der Waals surface area contributed by atoms with E-state index < -0.39 is 29.6 Å². The van der Waals surface area contributed by atoms with Crippen LogP contribution in [0.5, 0.6) is 0 Å². The molecule has 3 amide bonds. The Hall–Kier alpha value is -3.73. The number of amides is 3. The number of nitrogens with zero attached hydrogens (tertiary/aromatic N) is 3. The van der Waals surface area contributed by atoms with Gasteiger partial charge in [-0.15, -0.1) is 0 Å². The average molecular weight is 584 g/mol. The number of rotatable bonds is 4. The molecule has 1 aliphatic carbocycles. The van der Waals surface area contributed by atoms with E-state index in [0.29, 0.717) is 32.4 Å². The van der Waals surface area contributed by atoms with Crippen molar-refractivity contribution in [1.29, 1.82) is 0 Å². The average Bonchev–Trinajstić information content (AvgIpc) is 3.70. The number of hydrogen-bond acceptors (Lipinski definition) is 6. The molecule has 4 aliphatic heterocycles. The first-order chi connectivity index (χ1) is 20.7. The Bertz CT molecular complexity index is 1640. The van der Waals surface area contributed by atoms with Crippen molar-refractivity contribution in [2.75, 3.05) is 20.1 Å². The number of aromatic amines is 1. The molecule has 0 unspecified atom stereocenters. The molecule has 10 heteroatoms. The molecule has 43 heavy (non-hydrogen) atoms. The summed E-state index contributed by atoms with van der Waals surface area (Å²) in [6.07, 6.45) is 5.13. The van der Waals surface area contributed by atoms with E-state index in [2.05, 4.69) is 46.6 Å². The Morgan fingerprint density at radius 3 is 2.79 bits per heavy atom. The maximum absolute atomic E-state index is 14.2. The van der Waals surface area contributed by atoms with Gasteiger partial charge in [0.15, 0.2) is 0 Å². The summed E-state index contributed by atoms with van der Waals surface area (Å²) in [5, 5.41) is 16.2. The second kappa shape index (κ2) is 9.38. The highest BCUT2D eigenvalue weighted by atomic mass is 16.7.